The number of hydrogen-bond acceptors (Lipinski definition) is 4. The summed E-state index contributed by atoms with van der Waals surface area (Å²) in [5.41, 5.74) is 1.79. The molecular formula is C20H23N3O3. The predicted molar refractivity (Wildman–Crippen MR) is 97.1 cm³/mol. The highest BCUT2D eigenvalue weighted by molar-refractivity contribution is 6.08. The lowest BCUT2D eigenvalue weighted by atomic mass is 9.73. The highest BCUT2D eigenvalue weighted by Gasteiger charge is 2.58. The quantitative estimate of drug-likeness (QED) is 0.919. The number of oxazole rings is 1. The fourth-order valence-electron chi connectivity index (χ4n) is 4.58. The van der Waals surface area contributed by atoms with Gasteiger partial charge in [-0.3, -0.25) is 9.59 Å². The summed E-state index contributed by atoms with van der Waals surface area (Å²) in [6, 6.07) is 7.63. The van der Waals surface area contributed by atoms with Crippen LogP contribution in [0.1, 0.15) is 53.9 Å². The van der Waals surface area contributed by atoms with E-state index in [1.54, 1.807) is 13.8 Å². The molecule has 0 saturated carbocycles. The Balaban J connectivity index is 1.77. The second kappa shape index (κ2) is 5.97. The Morgan fingerprint density at radius 1 is 1.38 bits per heavy atom. The second-order valence-electron chi connectivity index (χ2n) is 7.17. The van der Waals surface area contributed by atoms with Crippen molar-refractivity contribution in [2.45, 2.75) is 51.5 Å². The maximum atomic E-state index is 13.2. The van der Waals surface area contributed by atoms with Gasteiger partial charge in [-0.1, -0.05) is 31.5 Å². The molecule has 2 atom stereocenters. The van der Waals surface area contributed by atoms with Gasteiger partial charge in [0.2, 0.25) is 11.7 Å². The molecule has 1 aromatic heterocycles. The number of carbonyl (C=O) groups is 2. The van der Waals surface area contributed by atoms with Crippen LogP contribution in [-0.2, 0) is 10.2 Å². The van der Waals surface area contributed by atoms with Crippen LogP contribution in [0.4, 0.5) is 5.69 Å². The van der Waals surface area contributed by atoms with Crippen molar-refractivity contribution in [1.29, 1.82) is 0 Å². The number of para-hydroxylation sites is 1. The average Bonchev–Trinajstić information content (AvgIpc) is 3.24. The maximum Gasteiger partial charge on any atom is 0.291 e. The van der Waals surface area contributed by atoms with Gasteiger partial charge in [-0.05, 0) is 31.4 Å². The van der Waals surface area contributed by atoms with E-state index in [0.717, 1.165) is 24.1 Å². The van der Waals surface area contributed by atoms with Crippen molar-refractivity contribution in [3.8, 4) is 0 Å². The molecule has 0 bridgehead atoms. The van der Waals surface area contributed by atoms with Crippen LogP contribution in [0.2, 0.25) is 0 Å². The number of aromatic nitrogens is 1. The Bertz CT molecular complexity index is 888. The summed E-state index contributed by atoms with van der Waals surface area (Å²) in [5.74, 6) is 0.594. The summed E-state index contributed by atoms with van der Waals surface area (Å²) in [6.07, 6.45) is 2.28. The van der Waals surface area contributed by atoms with Crippen molar-refractivity contribution in [1.82, 2.24) is 9.88 Å². The molecule has 1 saturated heterocycles. The number of hydrogen-bond donors (Lipinski definition) is 1. The number of carbonyl (C=O) groups excluding carboxylic acids is 2. The zero-order chi connectivity index (χ0) is 18.5. The van der Waals surface area contributed by atoms with Gasteiger partial charge < -0.3 is 14.6 Å². The number of rotatable bonds is 3. The average molecular weight is 353 g/mol. The summed E-state index contributed by atoms with van der Waals surface area (Å²) >= 11 is 0. The molecule has 0 unspecified atom stereocenters. The van der Waals surface area contributed by atoms with Crippen molar-refractivity contribution in [3.05, 3.63) is 47.2 Å². The lowest BCUT2D eigenvalue weighted by molar-refractivity contribution is -0.121. The van der Waals surface area contributed by atoms with Crippen LogP contribution in [0.5, 0.6) is 0 Å². The van der Waals surface area contributed by atoms with Gasteiger partial charge in [0.25, 0.3) is 5.91 Å². The van der Waals surface area contributed by atoms with Crippen LogP contribution in [0.3, 0.4) is 0 Å². The molecule has 1 aromatic carbocycles. The van der Waals surface area contributed by atoms with Crippen LogP contribution >= 0.6 is 0 Å². The van der Waals surface area contributed by atoms with E-state index in [9.17, 15) is 9.59 Å². The summed E-state index contributed by atoms with van der Waals surface area (Å²) in [5, 5.41) is 3.02. The van der Waals surface area contributed by atoms with Crippen molar-refractivity contribution < 1.29 is 14.0 Å². The molecule has 4 rings (SSSR count). The third-order valence-electron chi connectivity index (χ3n) is 5.67. The van der Waals surface area contributed by atoms with Crippen molar-refractivity contribution in [2.24, 2.45) is 0 Å². The fourth-order valence-corrected chi connectivity index (χ4v) is 4.58. The van der Waals surface area contributed by atoms with E-state index in [4.69, 9.17) is 4.42 Å². The molecule has 6 heteroatoms. The minimum atomic E-state index is -0.675. The Labute approximate surface area is 152 Å². The summed E-state index contributed by atoms with van der Waals surface area (Å²) in [4.78, 5) is 32.3. The SMILES string of the molecule is CCC[C@@H]1N(C(=O)c2oc(C)nc2C)CC[C@]12C(=O)Nc1ccccc12. The lowest BCUT2D eigenvalue weighted by Crippen LogP contribution is -2.48. The molecule has 0 aliphatic carbocycles. The zero-order valence-corrected chi connectivity index (χ0v) is 15.3. The van der Waals surface area contributed by atoms with Gasteiger partial charge in [0, 0.05) is 19.2 Å². The number of benzene rings is 1. The standard InChI is InChI=1S/C20H23N3O3/c1-4-7-16-20(14-8-5-6-9-15(14)22-19(20)25)10-11-23(16)18(24)17-12(2)21-13(3)26-17/h5-6,8-9,16H,4,7,10-11H2,1-3H3,(H,22,25)/t16-,20+/m0/s1. The van der Waals surface area contributed by atoms with Gasteiger partial charge in [-0.25, -0.2) is 4.98 Å². The molecule has 136 valence electrons. The topological polar surface area (TPSA) is 75.4 Å². The Morgan fingerprint density at radius 2 is 2.15 bits per heavy atom. The molecule has 1 fully saturated rings. The predicted octanol–water partition coefficient (Wildman–Crippen LogP) is 3.20. The minimum absolute atomic E-state index is 0.00192. The first kappa shape index (κ1) is 16.8. The molecule has 2 aliphatic heterocycles. The molecular weight excluding hydrogens is 330 g/mol. The van der Waals surface area contributed by atoms with Crippen molar-refractivity contribution in [3.63, 3.8) is 0 Å². The molecule has 3 heterocycles. The molecule has 2 aliphatic rings. The highest BCUT2D eigenvalue weighted by Crippen LogP contribution is 2.49. The van der Waals surface area contributed by atoms with E-state index >= 15 is 0 Å². The monoisotopic (exact) mass is 353 g/mol. The van der Waals surface area contributed by atoms with E-state index < -0.39 is 5.41 Å². The van der Waals surface area contributed by atoms with Gasteiger partial charge in [0.15, 0.2) is 5.89 Å². The van der Waals surface area contributed by atoms with Crippen LogP contribution in [0.15, 0.2) is 28.7 Å². The first-order valence-corrected chi connectivity index (χ1v) is 9.15. The van der Waals surface area contributed by atoms with Gasteiger partial charge in [0.1, 0.15) is 0 Å². The molecule has 0 radical (unpaired) electrons. The minimum Gasteiger partial charge on any atom is -0.436 e. The Morgan fingerprint density at radius 3 is 2.85 bits per heavy atom. The van der Waals surface area contributed by atoms with Crippen LogP contribution in [0, 0.1) is 13.8 Å². The van der Waals surface area contributed by atoms with Crippen molar-refractivity contribution in [2.75, 3.05) is 11.9 Å². The maximum absolute atomic E-state index is 13.2. The molecule has 1 N–H and O–H groups in total. The smallest absolute Gasteiger partial charge is 0.291 e. The third-order valence-corrected chi connectivity index (χ3v) is 5.67. The molecule has 6 nitrogen and oxygen atoms in total. The van der Waals surface area contributed by atoms with E-state index in [-0.39, 0.29) is 23.6 Å². The van der Waals surface area contributed by atoms with Gasteiger partial charge in [-0.2, -0.15) is 0 Å². The number of fused-ring (bicyclic) bond motifs is 2. The summed E-state index contributed by atoms with van der Waals surface area (Å²) < 4.78 is 5.56. The van der Waals surface area contributed by atoms with Gasteiger partial charge >= 0.3 is 0 Å². The van der Waals surface area contributed by atoms with E-state index in [1.807, 2.05) is 29.2 Å². The zero-order valence-electron chi connectivity index (χ0n) is 15.3. The molecule has 2 aromatic rings. The van der Waals surface area contributed by atoms with E-state index in [1.165, 1.54) is 0 Å². The number of amides is 2. The van der Waals surface area contributed by atoms with Crippen molar-refractivity contribution >= 4 is 17.5 Å². The van der Waals surface area contributed by atoms with Gasteiger partial charge in [0.05, 0.1) is 17.2 Å². The fraction of sp³-hybridized carbons (Fsp3) is 0.450. The number of nitrogens with one attached hydrogen (secondary N) is 1. The van der Waals surface area contributed by atoms with E-state index in [0.29, 0.717) is 24.6 Å². The van der Waals surface area contributed by atoms with Crippen LogP contribution in [-0.4, -0.2) is 34.3 Å². The number of aryl methyl sites for hydroxylation is 2. The van der Waals surface area contributed by atoms with Crippen LogP contribution < -0.4 is 5.32 Å². The third kappa shape index (κ3) is 2.21. The van der Waals surface area contributed by atoms with Crippen LogP contribution in [0.25, 0.3) is 0 Å². The first-order chi connectivity index (χ1) is 12.5. The molecule has 2 amide bonds. The largest absolute Gasteiger partial charge is 0.436 e. The number of likely N-dealkylation sites (tertiary alicyclic amines) is 1. The Hall–Kier alpha value is -2.63. The summed E-state index contributed by atoms with van der Waals surface area (Å²) in [7, 11) is 0. The lowest BCUT2D eigenvalue weighted by Gasteiger charge is -2.33. The highest BCUT2D eigenvalue weighted by atomic mass is 16.4. The Kier molecular flexibility index (Phi) is 3.86. The normalized spacial score (nSPS) is 24.2. The molecule has 26 heavy (non-hydrogen) atoms. The second-order valence-corrected chi connectivity index (χ2v) is 7.17. The van der Waals surface area contributed by atoms with E-state index in [2.05, 4.69) is 17.2 Å². The number of nitrogens with zero attached hydrogens (tertiary/aromatic N) is 2. The first-order valence-electron chi connectivity index (χ1n) is 9.15. The van der Waals surface area contributed by atoms with Gasteiger partial charge in [-0.15, -0.1) is 0 Å². The summed E-state index contributed by atoms with van der Waals surface area (Å²) in [6.45, 7) is 6.13. The number of anilines is 1. The molecule has 1 spiro atoms.